The molecule has 0 fully saturated rings. The number of aromatic nitrogens is 2. The van der Waals surface area contributed by atoms with Crippen LogP contribution < -0.4 is 4.74 Å². The molecule has 0 saturated heterocycles. The summed E-state index contributed by atoms with van der Waals surface area (Å²) in [5.74, 6) is 0.699. The number of benzene rings is 1. The van der Waals surface area contributed by atoms with E-state index in [9.17, 15) is 0 Å². The van der Waals surface area contributed by atoms with Crippen LogP contribution in [0.25, 0.3) is 5.69 Å². The van der Waals surface area contributed by atoms with Crippen LogP contribution >= 0.6 is 11.6 Å². The second-order valence-electron chi connectivity index (χ2n) is 3.61. The van der Waals surface area contributed by atoms with Crippen molar-refractivity contribution in [1.29, 1.82) is 0 Å². The first-order valence-corrected chi connectivity index (χ1v) is 5.65. The van der Waals surface area contributed by atoms with E-state index in [0.29, 0.717) is 17.5 Å². The van der Waals surface area contributed by atoms with Gasteiger partial charge in [0.05, 0.1) is 11.4 Å². The Morgan fingerprint density at radius 3 is 2.76 bits per heavy atom. The van der Waals surface area contributed by atoms with E-state index >= 15 is 0 Å². The zero-order valence-electron chi connectivity index (χ0n) is 9.56. The third-order valence-corrected chi connectivity index (χ3v) is 2.47. The molecule has 3 nitrogen and oxygen atoms in total. The summed E-state index contributed by atoms with van der Waals surface area (Å²) in [6.07, 6.45) is 1.70. The Bertz CT molecular complexity index is 517. The van der Waals surface area contributed by atoms with Gasteiger partial charge >= 0.3 is 0 Å². The topological polar surface area (TPSA) is 27.1 Å². The summed E-state index contributed by atoms with van der Waals surface area (Å²) in [4.78, 5) is 0. The van der Waals surface area contributed by atoms with Gasteiger partial charge in [0.25, 0.3) is 0 Å². The van der Waals surface area contributed by atoms with Crippen LogP contribution in [0.15, 0.2) is 43.0 Å². The van der Waals surface area contributed by atoms with Gasteiger partial charge in [-0.05, 0) is 31.2 Å². The predicted molar refractivity (Wildman–Crippen MR) is 69.0 cm³/mol. The Kier molecular flexibility index (Phi) is 3.49. The van der Waals surface area contributed by atoms with Crippen molar-refractivity contribution < 1.29 is 4.74 Å². The van der Waals surface area contributed by atoms with E-state index < -0.39 is 0 Å². The van der Waals surface area contributed by atoms with Crippen LogP contribution in [0.2, 0.25) is 5.02 Å². The van der Waals surface area contributed by atoms with Gasteiger partial charge in [0.2, 0.25) is 5.88 Å². The monoisotopic (exact) mass is 248 g/mol. The molecular weight excluding hydrogens is 236 g/mol. The first-order chi connectivity index (χ1) is 8.20. The molecule has 0 bridgehead atoms. The number of hydrogen-bond acceptors (Lipinski definition) is 2. The van der Waals surface area contributed by atoms with E-state index in [4.69, 9.17) is 16.3 Å². The molecule has 0 spiro atoms. The van der Waals surface area contributed by atoms with E-state index in [1.807, 2.05) is 37.3 Å². The molecule has 0 saturated carbocycles. The molecule has 4 heteroatoms. The normalized spacial score (nSPS) is 10.2. The van der Waals surface area contributed by atoms with Crippen LogP contribution in [-0.4, -0.2) is 16.4 Å². The molecule has 1 aromatic heterocycles. The van der Waals surface area contributed by atoms with E-state index in [2.05, 4.69) is 11.7 Å². The average molecular weight is 249 g/mol. The van der Waals surface area contributed by atoms with Crippen LogP contribution in [-0.2, 0) is 0 Å². The van der Waals surface area contributed by atoms with Crippen molar-refractivity contribution >= 4 is 11.6 Å². The zero-order valence-corrected chi connectivity index (χ0v) is 10.3. The fraction of sp³-hybridized carbons (Fsp3) is 0.154. The molecule has 0 aliphatic carbocycles. The minimum atomic E-state index is 0.457. The van der Waals surface area contributed by atoms with Gasteiger partial charge in [0.15, 0.2) is 0 Å². The summed E-state index contributed by atoms with van der Waals surface area (Å²) in [6.45, 7) is 6.01. The molecule has 0 aliphatic heterocycles. The summed E-state index contributed by atoms with van der Waals surface area (Å²) in [6, 6.07) is 9.33. The minimum Gasteiger partial charge on any atom is -0.473 e. The van der Waals surface area contributed by atoms with Crippen LogP contribution in [0.1, 0.15) is 5.69 Å². The van der Waals surface area contributed by atoms with Crippen LogP contribution in [0.3, 0.4) is 0 Å². The Morgan fingerprint density at radius 1 is 1.41 bits per heavy atom. The highest BCUT2D eigenvalue weighted by Crippen LogP contribution is 2.20. The predicted octanol–water partition coefficient (Wildman–Crippen LogP) is 3.40. The van der Waals surface area contributed by atoms with Gasteiger partial charge in [0, 0.05) is 11.1 Å². The van der Waals surface area contributed by atoms with Crippen molar-refractivity contribution in [3.8, 4) is 11.6 Å². The van der Waals surface area contributed by atoms with Crippen molar-refractivity contribution in [1.82, 2.24) is 9.78 Å². The first kappa shape index (κ1) is 11.7. The van der Waals surface area contributed by atoms with Gasteiger partial charge in [-0.3, -0.25) is 0 Å². The number of nitrogens with zero attached hydrogens (tertiary/aromatic N) is 2. The lowest BCUT2D eigenvalue weighted by Crippen LogP contribution is -2.02. The molecule has 1 aromatic carbocycles. The minimum absolute atomic E-state index is 0.457. The summed E-state index contributed by atoms with van der Waals surface area (Å²) in [5.41, 5.74) is 1.82. The third-order valence-electron chi connectivity index (χ3n) is 2.22. The van der Waals surface area contributed by atoms with Gasteiger partial charge in [-0.1, -0.05) is 24.3 Å². The Hall–Kier alpha value is -1.74. The van der Waals surface area contributed by atoms with Gasteiger partial charge in [-0.2, -0.15) is 5.10 Å². The lowest BCUT2D eigenvalue weighted by atomic mass is 10.3. The number of hydrogen-bond donors (Lipinski definition) is 0. The zero-order chi connectivity index (χ0) is 12.3. The van der Waals surface area contributed by atoms with Gasteiger partial charge in [-0.25, -0.2) is 4.68 Å². The fourth-order valence-corrected chi connectivity index (χ4v) is 1.62. The van der Waals surface area contributed by atoms with Crippen molar-refractivity contribution in [2.24, 2.45) is 0 Å². The van der Waals surface area contributed by atoms with Crippen molar-refractivity contribution in [3.05, 3.63) is 53.7 Å². The number of rotatable bonds is 4. The quantitative estimate of drug-likeness (QED) is 0.776. The second kappa shape index (κ2) is 5.06. The van der Waals surface area contributed by atoms with E-state index in [0.717, 1.165) is 11.4 Å². The van der Waals surface area contributed by atoms with E-state index in [-0.39, 0.29) is 0 Å². The van der Waals surface area contributed by atoms with Crippen LogP contribution in [0.4, 0.5) is 0 Å². The van der Waals surface area contributed by atoms with Crippen molar-refractivity contribution in [2.75, 3.05) is 6.61 Å². The molecule has 0 N–H and O–H groups in total. The highest BCUT2D eigenvalue weighted by Gasteiger charge is 2.07. The highest BCUT2D eigenvalue weighted by atomic mass is 35.5. The summed E-state index contributed by atoms with van der Waals surface area (Å²) < 4.78 is 7.29. The highest BCUT2D eigenvalue weighted by molar-refractivity contribution is 6.30. The molecule has 0 aliphatic rings. The molecule has 88 valence electrons. The molecule has 2 aromatic rings. The van der Waals surface area contributed by atoms with Gasteiger partial charge in [0.1, 0.15) is 6.61 Å². The summed E-state index contributed by atoms with van der Waals surface area (Å²) in [7, 11) is 0. The standard InChI is InChI=1S/C13H13ClN2O/c1-3-8-17-13-9-10(2)15-16(13)12-6-4-11(14)5-7-12/h3-7,9H,1,8H2,2H3. The lowest BCUT2D eigenvalue weighted by Gasteiger charge is -2.07. The maximum absolute atomic E-state index is 5.85. The molecule has 2 rings (SSSR count). The first-order valence-electron chi connectivity index (χ1n) is 5.27. The van der Waals surface area contributed by atoms with E-state index in [1.54, 1.807) is 10.8 Å². The molecule has 1 heterocycles. The molecule has 0 radical (unpaired) electrons. The Balaban J connectivity index is 2.36. The summed E-state index contributed by atoms with van der Waals surface area (Å²) >= 11 is 5.85. The number of halogens is 1. The Morgan fingerprint density at radius 2 is 2.12 bits per heavy atom. The molecular formula is C13H13ClN2O. The maximum Gasteiger partial charge on any atom is 0.217 e. The van der Waals surface area contributed by atoms with Crippen molar-refractivity contribution in [2.45, 2.75) is 6.92 Å². The van der Waals surface area contributed by atoms with Crippen molar-refractivity contribution in [3.63, 3.8) is 0 Å². The van der Waals surface area contributed by atoms with E-state index in [1.165, 1.54) is 0 Å². The molecule has 0 atom stereocenters. The number of aryl methyl sites for hydroxylation is 1. The fourth-order valence-electron chi connectivity index (χ4n) is 1.49. The largest absolute Gasteiger partial charge is 0.473 e. The molecule has 0 amide bonds. The maximum atomic E-state index is 5.85. The van der Waals surface area contributed by atoms with Gasteiger partial charge < -0.3 is 4.74 Å². The molecule has 17 heavy (non-hydrogen) atoms. The Labute approximate surface area is 105 Å². The van der Waals surface area contributed by atoms with Gasteiger partial charge in [-0.15, -0.1) is 0 Å². The SMILES string of the molecule is C=CCOc1cc(C)nn1-c1ccc(Cl)cc1. The summed E-state index contributed by atoms with van der Waals surface area (Å²) in [5, 5.41) is 5.08. The van der Waals surface area contributed by atoms with Crippen LogP contribution in [0, 0.1) is 6.92 Å². The lowest BCUT2D eigenvalue weighted by molar-refractivity contribution is 0.337. The van der Waals surface area contributed by atoms with Crippen LogP contribution in [0.5, 0.6) is 5.88 Å². The number of ether oxygens (including phenoxy) is 1. The average Bonchev–Trinajstić information content (AvgIpc) is 2.69. The second-order valence-corrected chi connectivity index (χ2v) is 4.05. The third kappa shape index (κ3) is 2.68. The smallest absolute Gasteiger partial charge is 0.217 e. The molecule has 0 unspecified atom stereocenters.